The number of para-hydroxylation sites is 1. The zero-order valence-corrected chi connectivity index (χ0v) is 16.5. The van der Waals surface area contributed by atoms with Crippen molar-refractivity contribution in [2.24, 2.45) is 0 Å². The molecule has 1 unspecified atom stereocenters. The first-order valence-electron chi connectivity index (χ1n) is 10.1. The molecule has 0 bridgehead atoms. The maximum absolute atomic E-state index is 12.7. The molecule has 0 fully saturated rings. The van der Waals surface area contributed by atoms with Gasteiger partial charge < -0.3 is 19.9 Å². The molecule has 30 heavy (non-hydrogen) atoms. The zero-order valence-electron chi connectivity index (χ0n) is 16.5. The average molecular weight is 401 g/mol. The van der Waals surface area contributed by atoms with Crippen molar-refractivity contribution in [3.05, 3.63) is 89.5 Å². The Hall–Kier alpha value is -3.31. The van der Waals surface area contributed by atoms with Crippen LogP contribution in [-0.2, 0) is 11.2 Å². The number of alkyl carbamates (subject to hydrolysis) is 1. The molecule has 5 nitrogen and oxygen atoms in total. The fraction of sp³-hybridized carbons (Fsp3) is 0.240. The van der Waals surface area contributed by atoms with Gasteiger partial charge in [-0.2, -0.15) is 0 Å². The Kier molecular flexibility index (Phi) is 4.68. The summed E-state index contributed by atoms with van der Waals surface area (Å²) >= 11 is 0. The fourth-order valence-electron chi connectivity index (χ4n) is 4.49. The third-order valence-electron chi connectivity index (χ3n) is 6.02. The van der Waals surface area contributed by atoms with Gasteiger partial charge in [-0.15, -0.1) is 0 Å². The molecule has 1 heterocycles. The smallest absolute Gasteiger partial charge is 0.407 e. The van der Waals surface area contributed by atoms with Crippen molar-refractivity contribution >= 4 is 6.09 Å². The number of rotatable bonds is 4. The van der Waals surface area contributed by atoms with Gasteiger partial charge in [0.2, 0.25) is 0 Å². The number of hydrogen-bond acceptors (Lipinski definition) is 4. The predicted molar refractivity (Wildman–Crippen MR) is 114 cm³/mol. The highest BCUT2D eigenvalue weighted by atomic mass is 16.5. The summed E-state index contributed by atoms with van der Waals surface area (Å²) in [7, 11) is 0. The summed E-state index contributed by atoms with van der Waals surface area (Å²) in [6.45, 7) is 0.203. The van der Waals surface area contributed by atoms with E-state index in [2.05, 4.69) is 29.6 Å². The molecule has 5 rings (SSSR count). The number of ether oxygens (including phenoxy) is 2. The summed E-state index contributed by atoms with van der Waals surface area (Å²) in [5.74, 6) is 0.785. The lowest BCUT2D eigenvalue weighted by Gasteiger charge is -2.36. The van der Waals surface area contributed by atoms with E-state index in [4.69, 9.17) is 9.47 Å². The molecule has 1 amide bonds. The number of carbonyl (C=O) groups is 1. The molecule has 3 aromatic rings. The quantitative estimate of drug-likeness (QED) is 0.696. The van der Waals surface area contributed by atoms with E-state index in [0.717, 1.165) is 11.3 Å². The first-order valence-corrected chi connectivity index (χ1v) is 10.1. The van der Waals surface area contributed by atoms with E-state index in [-0.39, 0.29) is 25.7 Å². The highest BCUT2D eigenvalue weighted by Gasteiger charge is 2.38. The molecule has 3 aromatic carbocycles. The molecule has 0 saturated heterocycles. The Morgan fingerprint density at radius 1 is 1.00 bits per heavy atom. The van der Waals surface area contributed by atoms with Crippen LogP contribution in [0, 0.1) is 0 Å². The fourth-order valence-corrected chi connectivity index (χ4v) is 4.49. The van der Waals surface area contributed by atoms with Gasteiger partial charge in [0.05, 0.1) is 6.61 Å². The molecule has 0 aromatic heterocycles. The standard InChI is InChI=1S/C25H23NO4/c27-15-25(13-17-7-1-6-12-23(17)30-16-25)26-24(28)29-14-22-20-10-4-2-8-18(20)19-9-3-5-11-21(19)22/h1-12,22,27H,13-16H2,(H,26,28). The van der Waals surface area contributed by atoms with Crippen LogP contribution in [-0.4, -0.2) is 36.6 Å². The number of carbonyl (C=O) groups excluding carboxylic acids is 1. The summed E-state index contributed by atoms with van der Waals surface area (Å²) in [5.41, 5.74) is 4.77. The molecule has 152 valence electrons. The molecule has 2 aliphatic rings. The number of amides is 1. The maximum atomic E-state index is 12.7. The van der Waals surface area contributed by atoms with Crippen molar-refractivity contribution in [2.75, 3.05) is 19.8 Å². The van der Waals surface area contributed by atoms with Gasteiger partial charge in [0.25, 0.3) is 0 Å². The van der Waals surface area contributed by atoms with E-state index in [1.54, 1.807) is 0 Å². The first kappa shape index (κ1) is 18.7. The van der Waals surface area contributed by atoms with Crippen LogP contribution in [0.2, 0.25) is 0 Å². The Labute approximate surface area is 175 Å². The number of nitrogens with one attached hydrogen (secondary N) is 1. The van der Waals surface area contributed by atoms with Crippen molar-refractivity contribution in [1.82, 2.24) is 5.32 Å². The topological polar surface area (TPSA) is 67.8 Å². The maximum Gasteiger partial charge on any atom is 0.407 e. The first-order chi connectivity index (χ1) is 14.7. The lowest BCUT2D eigenvalue weighted by Crippen LogP contribution is -2.58. The highest BCUT2D eigenvalue weighted by molar-refractivity contribution is 5.79. The third-order valence-corrected chi connectivity index (χ3v) is 6.02. The van der Waals surface area contributed by atoms with Crippen LogP contribution < -0.4 is 10.1 Å². The lowest BCUT2D eigenvalue weighted by atomic mass is 9.90. The Bertz CT molecular complexity index is 1050. The summed E-state index contributed by atoms with van der Waals surface area (Å²) < 4.78 is 11.4. The number of hydrogen-bond donors (Lipinski definition) is 2. The number of aliphatic hydroxyl groups is 1. The molecule has 1 atom stereocenters. The normalized spacial score (nSPS) is 19.2. The van der Waals surface area contributed by atoms with E-state index < -0.39 is 11.6 Å². The molecule has 1 aliphatic carbocycles. The molecule has 1 aliphatic heterocycles. The van der Waals surface area contributed by atoms with Crippen molar-refractivity contribution in [2.45, 2.75) is 17.9 Å². The molecule has 5 heteroatoms. The summed E-state index contributed by atoms with van der Waals surface area (Å²) in [6.07, 6.45) is -0.0574. The van der Waals surface area contributed by atoms with Gasteiger partial charge in [0, 0.05) is 12.3 Å². The van der Waals surface area contributed by atoms with Crippen LogP contribution in [0.25, 0.3) is 11.1 Å². The molecule has 0 spiro atoms. The van der Waals surface area contributed by atoms with Crippen molar-refractivity contribution in [3.8, 4) is 16.9 Å². The van der Waals surface area contributed by atoms with E-state index in [1.807, 2.05) is 48.5 Å². The van der Waals surface area contributed by atoms with Gasteiger partial charge in [0.15, 0.2) is 0 Å². The van der Waals surface area contributed by atoms with Crippen molar-refractivity contribution < 1.29 is 19.4 Å². The minimum absolute atomic E-state index is 0.00319. The van der Waals surface area contributed by atoms with Crippen molar-refractivity contribution in [3.63, 3.8) is 0 Å². The van der Waals surface area contributed by atoms with Gasteiger partial charge in [-0.25, -0.2) is 4.79 Å². The van der Waals surface area contributed by atoms with Crippen LogP contribution >= 0.6 is 0 Å². The Morgan fingerprint density at radius 3 is 2.33 bits per heavy atom. The SMILES string of the molecule is O=C(NC1(CO)COc2ccccc2C1)OCC1c2ccccc2-c2ccccc21. The van der Waals surface area contributed by atoms with Gasteiger partial charge in [-0.3, -0.25) is 0 Å². The molecule has 0 saturated carbocycles. The van der Waals surface area contributed by atoms with Gasteiger partial charge in [-0.05, 0) is 33.9 Å². The van der Waals surface area contributed by atoms with Crippen molar-refractivity contribution in [1.29, 1.82) is 0 Å². The second-order valence-corrected chi connectivity index (χ2v) is 7.96. The monoisotopic (exact) mass is 401 g/mol. The van der Waals surface area contributed by atoms with Crippen LogP contribution in [0.15, 0.2) is 72.8 Å². The van der Waals surface area contributed by atoms with Crippen LogP contribution in [0.4, 0.5) is 4.79 Å². The summed E-state index contributed by atoms with van der Waals surface area (Å²) in [4.78, 5) is 12.7. The van der Waals surface area contributed by atoms with Crippen LogP contribution in [0.3, 0.4) is 0 Å². The van der Waals surface area contributed by atoms with Gasteiger partial charge in [-0.1, -0.05) is 66.7 Å². The predicted octanol–water partition coefficient (Wildman–Crippen LogP) is 3.89. The van der Waals surface area contributed by atoms with Crippen LogP contribution in [0.5, 0.6) is 5.75 Å². The lowest BCUT2D eigenvalue weighted by molar-refractivity contribution is 0.0715. The molecule has 0 radical (unpaired) electrons. The largest absolute Gasteiger partial charge is 0.491 e. The van der Waals surface area contributed by atoms with E-state index in [1.165, 1.54) is 22.3 Å². The average Bonchev–Trinajstić information content (AvgIpc) is 3.11. The Balaban J connectivity index is 1.30. The number of aliphatic hydroxyl groups excluding tert-OH is 1. The molecular weight excluding hydrogens is 378 g/mol. The summed E-state index contributed by atoms with van der Waals surface area (Å²) in [6, 6.07) is 24.1. The van der Waals surface area contributed by atoms with E-state index in [0.29, 0.717) is 6.42 Å². The number of fused-ring (bicyclic) bond motifs is 4. The van der Waals surface area contributed by atoms with E-state index >= 15 is 0 Å². The minimum Gasteiger partial charge on any atom is -0.491 e. The van der Waals surface area contributed by atoms with Gasteiger partial charge >= 0.3 is 6.09 Å². The van der Waals surface area contributed by atoms with Crippen LogP contribution in [0.1, 0.15) is 22.6 Å². The highest BCUT2D eigenvalue weighted by Crippen LogP contribution is 2.44. The van der Waals surface area contributed by atoms with E-state index in [9.17, 15) is 9.90 Å². The Morgan fingerprint density at radius 2 is 1.63 bits per heavy atom. The molecular formula is C25H23NO4. The molecule has 2 N–H and O–H groups in total. The minimum atomic E-state index is -0.892. The summed E-state index contributed by atoms with van der Waals surface area (Å²) in [5, 5.41) is 12.9. The zero-order chi connectivity index (χ0) is 20.6. The van der Waals surface area contributed by atoms with Gasteiger partial charge in [0.1, 0.15) is 24.5 Å². The second kappa shape index (κ2) is 7.50. The number of benzene rings is 3. The third kappa shape index (κ3) is 3.21. The second-order valence-electron chi connectivity index (χ2n) is 7.96.